The number of hydrogen-bond acceptors (Lipinski definition) is 4. The molecule has 0 bridgehead atoms. The van der Waals surface area contributed by atoms with Crippen LogP contribution in [0.25, 0.3) is 0 Å². The minimum absolute atomic E-state index is 0.0311. The van der Waals surface area contributed by atoms with Gasteiger partial charge in [-0.1, -0.05) is 0 Å². The van der Waals surface area contributed by atoms with Gasteiger partial charge < -0.3 is 10.0 Å². The van der Waals surface area contributed by atoms with Gasteiger partial charge in [-0.25, -0.2) is 0 Å². The summed E-state index contributed by atoms with van der Waals surface area (Å²) in [7, 11) is 0. The number of β-amino-alcohol motifs (C(OH)–C–C–N with tert-alkyl or cyclic N) is 1. The molecule has 1 rings (SSSR count). The number of rotatable bonds is 2. The quantitative estimate of drug-likeness (QED) is 0.612. The number of amides is 1. The van der Waals surface area contributed by atoms with Crippen LogP contribution in [0.4, 0.5) is 0 Å². The van der Waals surface area contributed by atoms with E-state index in [1.165, 1.54) is 4.90 Å². The van der Waals surface area contributed by atoms with Crippen LogP contribution in [0.1, 0.15) is 12.8 Å². The molecule has 68 valence electrons. The number of nitriles is 2. The summed E-state index contributed by atoms with van der Waals surface area (Å²) in [5, 5.41) is 26.1. The molecule has 1 amide bonds. The molecule has 5 nitrogen and oxygen atoms in total. The number of aliphatic hydroxyl groups is 1. The second-order valence-corrected chi connectivity index (χ2v) is 3.14. The molecule has 1 aliphatic heterocycles. The van der Waals surface area contributed by atoms with Gasteiger partial charge in [-0.05, 0) is 0 Å². The van der Waals surface area contributed by atoms with Gasteiger partial charge >= 0.3 is 0 Å². The first-order valence-electron chi connectivity index (χ1n) is 3.85. The summed E-state index contributed by atoms with van der Waals surface area (Å²) in [6.45, 7) is 0.335. The van der Waals surface area contributed by atoms with E-state index in [0.717, 1.165) is 0 Å². The van der Waals surface area contributed by atoms with Gasteiger partial charge in [0.2, 0.25) is 5.91 Å². The van der Waals surface area contributed by atoms with Crippen LogP contribution in [-0.2, 0) is 4.79 Å². The monoisotopic (exact) mass is 179 g/mol. The summed E-state index contributed by atoms with van der Waals surface area (Å²) in [6, 6.07) is 3.59. The lowest BCUT2D eigenvalue weighted by atomic mass is 9.91. The normalized spacial score (nSPS) is 18.2. The maximum Gasteiger partial charge on any atom is 0.236 e. The van der Waals surface area contributed by atoms with E-state index >= 15 is 0 Å². The number of carbonyl (C=O) groups is 1. The smallest absolute Gasteiger partial charge is 0.236 e. The Morgan fingerprint density at radius 1 is 1.46 bits per heavy atom. The molecule has 0 aromatic carbocycles. The minimum Gasteiger partial charge on any atom is -0.385 e. The van der Waals surface area contributed by atoms with E-state index in [1.54, 1.807) is 6.07 Å². The molecule has 1 aliphatic rings. The van der Waals surface area contributed by atoms with Crippen LogP contribution in [0, 0.1) is 22.7 Å². The van der Waals surface area contributed by atoms with E-state index in [0.29, 0.717) is 0 Å². The van der Waals surface area contributed by atoms with Crippen LogP contribution in [0.15, 0.2) is 0 Å². The second-order valence-electron chi connectivity index (χ2n) is 3.14. The highest BCUT2D eigenvalue weighted by molar-refractivity contribution is 5.79. The third kappa shape index (κ3) is 1.95. The van der Waals surface area contributed by atoms with Crippen molar-refractivity contribution < 1.29 is 9.90 Å². The Morgan fingerprint density at radius 2 is 2.08 bits per heavy atom. The molecule has 0 atom stereocenters. The predicted molar refractivity (Wildman–Crippen MR) is 42.0 cm³/mol. The average Bonchev–Trinajstić information content (AvgIpc) is 2.01. The van der Waals surface area contributed by atoms with Gasteiger partial charge in [-0.3, -0.25) is 4.79 Å². The lowest BCUT2D eigenvalue weighted by Crippen LogP contribution is -2.63. The first-order valence-corrected chi connectivity index (χ1v) is 3.85. The Bertz CT molecular complexity index is 293. The molecule has 1 heterocycles. The van der Waals surface area contributed by atoms with E-state index in [4.69, 9.17) is 10.5 Å². The molecule has 5 heteroatoms. The van der Waals surface area contributed by atoms with Crippen LogP contribution < -0.4 is 0 Å². The zero-order chi connectivity index (χ0) is 9.90. The van der Waals surface area contributed by atoms with Crippen LogP contribution in [0.3, 0.4) is 0 Å². The highest BCUT2D eigenvalue weighted by Gasteiger charge is 2.43. The van der Waals surface area contributed by atoms with Crippen molar-refractivity contribution in [2.45, 2.75) is 18.4 Å². The lowest BCUT2D eigenvalue weighted by molar-refractivity contribution is -0.153. The Kier molecular flexibility index (Phi) is 2.50. The number of nitrogens with zero attached hydrogens (tertiary/aromatic N) is 3. The molecule has 0 aromatic rings. The van der Waals surface area contributed by atoms with Crippen molar-refractivity contribution in [3.05, 3.63) is 0 Å². The first kappa shape index (κ1) is 9.50. The second kappa shape index (κ2) is 3.42. The van der Waals surface area contributed by atoms with Crippen LogP contribution in [0.2, 0.25) is 0 Å². The molecule has 0 spiro atoms. The average molecular weight is 179 g/mol. The van der Waals surface area contributed by atoms with E-state index in [9.17, 15) is 9.90 Å². The molecule has 1 fully saturated rings. The van der Waals surface area contributed by atoms with Crippen molar-refractivity contribution in [3.8, 4) is 12.1 Å². The van der Waals surface area contributed by atoms with E-state index in [2.05, 4.69) is 0 Å². The Balaban J connectivity index is 2.38. The van der Waals surface area contributed by atoms with Gasteiger partial charge in [0, 0.05) is 0 Å². The molecule has 0 radical (unpaired) electrons. The van der Waals surface area contributed by atoms with Gasteiger partial charge in [0.05, 0.1) is 31.6 Å². The summed E-state index contributed by atoms with van der Waals surface area (Å²) >= 11 is 0. The predicted octanol–water partition coefficient (Wildman–Crippen LogP) is -0.613. The van der Waals surface area contributed by atoms with Crippen molar-refractivity contribution in [1.29, 1.82) is 10.5 Å². The summed E-state index contributed by atoms with van der Waals surface area (Å²) in [4.78, 5) is 12.4. The third-order valence-corrected chi connectivity index (χ3v) is 1.96. The lowest BCUT2D eigenvalue weighted by Gasteiger charge is -2.44. The van der Waals surface area contributed by atoms with Crippen LogP contribution >= 0.6 is 0 Å². The molecule has 13 heavy (non-hydrogen) atoms. The van der Waals surface area contributed by atoms with Crippen LogP contribution in [0.5, 0.6) is 0 Å². The van der Waals surface area contributed by atoms with Crippen LogP contribution in [-0.4, -0.2) is 34.6 Å². The highest BCUT2D eigenvalue weighted by atomic mass is 16.3. The largest absolute Gasteiger partial charge is 0.385 e. The van der Waals surface area contributed by atoms with Gasteiger partial charge in [-0.15, -0.1) is 0 Å². The van der Waals surface area contributed by atoms with Gasteiger partial charge in [0.1, 0.15) is 12.0 Å². The number of hydrogen-bond donors (Lipinski definition) is 1. The zero-order valence-corrected chi connectivity index (χ0v) is 7.03. The molecule has 0 unspecified atom stereocenters. The standard InChI is InChI=1S/C8H9N3O2/c9-3-1-7(12)11-5-8(13,6-11)2-4-10/h13H,1-2,5-6H2. The molecule has 1 N–H and O–H groups in total. The zero-order valence-electron chi connectivity index (χ0n) is 7.03. The summed E-state index contributed by atoms with van der Waals surface area (Å²) in [5.74, 6) is -0.287. The molecule has 0 aromatic heterocycles. The number of likely N-dealkylation sites (tertiary alicyclic amines) is 1. The van der Waals surface area contributed by atoms with E-state index in [1.807, 2.05) is 6.07 Å². The maximum atomic E-state index is 11.0. The van der Waals surface area contributed by atoms with Crippen molar-refractivity contribution >= 4 is 5.91 Å². The summed E-state index contributed by atoms with van der Waals surface area (Å²) in [6.07, 6.45) is -0.133. The Morgan fingerprint density at radius 3 is 2.54 bits per heavy atom. The fraction of sp³-hybridized carbons (Fsp3) is 0.625. The van der Waals surface area contributed by atoms with Gasteiger partial charge in [0.15, 0.2) is 0 Å². The third-order valence-electron chi connectivity index (χ3n) is 1.96. The Labute approximate surface area is 75.8 Å². The highest BCUT2D eigenvalue weighted by Crippen LogP contribution is 2.24. The fourth-order valence-electron chi connectivity index (χ4n) is 1.28. The maximum absolute atomic E-state index is 11.0. The van der Waals surface area contributed by atoms with Gasteiger partial charge in [-0.2, -0.15) is 10.5 Å². The number of carbonyl (C=O) groups excluding carboxylic acids is 1. The van der Waals surface area contributed by atoms with Crippen molar-refractivity contribution in [3.63, 3.8) is 0 Å². The van der Waals surface area contributed by atoms with E-state index < -0.39 is 5.60 Å². The SMILES string of the molecule is N#CCC(=O)N1CC(O)(CC#N)C1. The first-order chi connectivity index (χ1) is 6.11. The molecular formula is C8H9N3O2. The summed E-state index contributed by atoms with van der Waals surface area (Å²) in [5.41, 5.74) is -1.04. The molecule has 0 saturated carbocycles. The molecule has 0 aliphatic carbocycles. The van der Waals surface area contributed by atoms with Crippen molar-refractivity contribution in [1.82, 2.24) is 4.90 Å². The summed E-state index contributed by atoms with van der Waals surface area (Å²) < 4.78 is 0. The fourth-order valence-corrected chi connectivity index (χ4v) is 1.28. The van der Waals surface area contributed by atoms with Crippen molar-refractivity contribution in [2.24, 2.45) is 0 Å². The van der Waals surface area contributed by atoms with Crippen molar-refractivity contribution in [2.75, 3.05) is 13.1 Å². The van der Waals surface area contributed by atoms with E-state index in [-0.39, 0.29) is 31.8 Å². The topological polar surface area (TPSA) is 88.1 Å². The molecule has 1 saturated heterocycles. The molecular weight excluding hydrogens is 170 g/mol. The Hall–Kier alpha value is -1.59. The minimum atomic E-state index is -1.04. The van der Waals surface area contributed by atoms with Gasteiger partial charge in [0.25, 0.3) is 0 Å².